The van der Waals surface area contributed by atoms with Crippen molar-refractivity contribution >= 4 is 0 Å². The Kier molecular flexibility index (Phi) is 4.33. The van der Waals surface area contributed by atoms with Gasteiger partial charge in [0, 0.05) is 23.3 Å². The first-order valence-electron chi connectivity index (χ1n) is 7.15. The minimum atomic E-state index is 0.570. The maximum absolute atomic E-state index is 4.68. The summed E-state index contributed by atoms with van der Waals surface area (Å²) in [6, 6.07) is 0.570. The molecule has 1 fully saturated rings. The Morgan fingerprint density at radius 1 is 1.17 bits per heavy atom. The van der Waals surface area contributed by atoms with Gasteiger partial charge in [0.05, 0.1) is 0 Å². The number of nitrogens with one attached hydrogen (secondary N) is 1. The molecule has 0 radical (unpaired) electrons. The number of aryl methyl sites for hydroxylation is 2. The maximum Gasteiger partial charge on any atom is 0.131 e. The van der Waals surface area contributed by atoms with Crippen molar-refractivity contribution in [3.8, 4) is 0 Å². The molecule has 0 saturated heterocycles. The lowest BCUT2D eigenvalue weighted by molar-refractivity contribution is 0.568. The van der Waals surface area contributed by atoms with Gasteiger partial charge in [-0.1, -0.05) is 13.8 Å². The quantitative estimate of drug-likeness (QED) is 0.785. The van der Waals surface area contributed by atoms with Crippen LogP contribution >= 0.6 is 0 Å². The third-order valence-corrected chi connectivity index (χ3v) is 3.54. The van der Waals surface area contributed by atoms with Crippen LogP contribution in [0.25, 0.3) is 0 Å². The zero-order valence-corrected chi connectivity index (χ0v) is 12.1. The molecule has 0 spiro atoms. The lowest BCUT2D eigenvalue weighted by atomic mass is 10.1. The van der Waals surface area contributed by atoms with Crippen LogP contribution in [-0.4, -0.2) is 22.6 Å². The van der Waals surface area contributed by atoms with E-state index in [9.17, 15) is 0 Å². The average molecular weight is 247 g/mol. The molecule has 100 valence electrons. The van der Waals surface area contributed by atoms with Crippen LogP contribution in [0, 0.1) is 13.8 Å². The fourth-order valence-corrected chi connectivity index (χ4v) is 2.31. The highest BCUT2D eigenvalue weighted by atomic mass is 14.9. The van der Waals surface area contributed by atoms with Crippen molar-refractivity contribution in [1.29, 1.82) is 0 Å². The second-order valence-electron chi connectivity index (χ2n) is 5.72. The van der Waals surface area contributed by atoms with Crippen molar-refractivity contribution in [2.45, 2.75) is 65.3 Å². The summed E-state index contributed by atoms with van der Waals surface area (Å²) in [5.41, 5.74) is 3.73. The van der Waals surface area contributed by atoms with Crippen LogP contribution < -0.4 is 5.32 Å². The molecule has 2 rings (SSSR count). The standard InChI is InChI=1S/C15H25N3/c1-10(2)16-9-5-6-14-11(3)17-15(13-7-8-13)18-12(14)4/h10,13,16H,5-9H2,1-4H3. The minimum Gasteiger partial charge on any atom is -0.315 e. The fourth-order valence-electron chi connectivity index (χ4n) is 2.31. The van der Waals surface area contributed by atoms with E-state index in [4.69, 9.17) is 0 Å². The van der Waals surface area contributed by atoms with Gasteiger partial charge in [-0.05, 0) is 51.6 Å². The molecule has 3 heteroatoms. The largest absolute Gasteiger partial charge is 0.315 e. The van der Waals surface area contributed by atoms with Crippen LogP contribution in [0.3, 0.4) is 0 Å². The molecular formula is C15H25N3. The zero-order valence-electron chi connectivity index (χ0n) is 12.1. The van der Waals surface area contributed by atoms with Crippen LogP contribution in [0.1, 0.15) is 61.8 Å². The molecule has 1 aromatic heterocycles. The first kappa shape index (κ1) is 13.5. The highest BCUT2D eigenvalue weighted by Gasteiger charge is 2.27. The first-order chi connectivity index (χ1) is 8.58. The van der Waals surface area contributed by atoms with E-state index >= 15 is 0 Å². The second-order valence-corrected chi connectivity index (χ2v) is 5.72. The van der Waals surface area contributed by atoms with E-state index in [0.717, 1.165) is 25.2 Å². The fraction of sp³-hybridized carbons (Fsp3) is 0.733. The van der Waals surface area contributed by atoms with E-state index in [1.807, 2.05) is 0 Å². The number of aromatic nitrogens is 2. The van der Waals surface area contributed by atoms with Crippen LogP contribution in [0.15, 0.2) is 0 Å². The third kappa shape index (κ3) is 3.52. The van der Waals surface area contributed by atoms with Gasteiger partial charge in [-0.2, -0.15) is 0 Å². The van der Waals surface area contributed by atoms with Crippen molar-refractivity contribution in [3.63, 3.8) is 0 Å². The van der Waals surface area contributed by atoms with Crippen LogP contribution in [0.5, 0.6) is 0 Å². The predicted molar refractivity (Wildman–Crippen MR) is 74.9 cm³/mol. The summed E-state index contributed by atoms with van der Waals surface area (Å²) in [6.07, 6.45) is 4.79. The van der Waals surface area contributed by atoms with E-state index in [2.05, 4.69) is 43.0 Å². The van der Waals surface area contributed by atoms with Crippen molar-refractivity contribution in [1.82, 2.24) is 15.3 Å². The van der Waals surface area contributed by atoms with Gasteiger partial charge in [0.15, 0.2) is 0 Å². The molecule has 1 saturated carbocycles. The molecule has 18 heavy (non-hydrogen) atoms. The Balaban J connectivity index is 1.95. The van der Waals surface area contributed by atoms with Gasteiger partial charge in [-0.15, -0.1) is 0 Å². The van der Waals surface area contributed by atoms with Gasteiger partial charge in [-0.25, -0.2) is 9.97 Å². The number of rotatable bonds is 6. The number of nitrogens with zero attached hydrogens (tertiary/aromatic N) is 2. The van der Waals surface area contributed by atoms with Crippen LogP contribution in [0.4, 0.5) is 0 Å². The van der Waals surface area contributed by atoms with E-state index in [0.29, 0.717) is 12.0 Å². The summed E-state index contributed by atoms with van der Waals surface area (Å²) < 4.78 is 0. The van der Waals surface area contributed by atoms with Gasteiger partial charge >= 0.3 is 0 Å². The van der Waals surface area contributed by atoms with E-state index in [1.54, 1.807) is 0 Å². The second kappa shape index (κ2) is 5.79. The summed E-state index contributed by atoms with van der Waals surface area (Å²) in [6.45, 7) is 9.70. The molecule has 3 nitrogen and oxygen atoms in total. The summed E-state index contributed by atoms with van der Waals surface area (Å²) in [7, 11) is 0. The zero-order chi connectivity index (χ0) is 13.1. The Hall–Kier alpha value is -0.960. The Morgan fingerprint density at radius 3 is 2.28 bits per heavy atom. The predicted octanol–water partition coefficient (Wildman–Crippen LogP) is 2.90. The summed E-state index contributed by atoms with van der Waals surface area (Å²) >= 11 is 0. The molecule has 1 N–H and O–H groups in total. The Labute approximate surface area is 110 Å². The SMILES string of the molecule is Cc1nc(C2CC2)nc(C)c1CCCNC(C)C. The summed E-state index contributed by atoms with van der Waals surface area (Å²) in [5, 5.41) is 3.45. The van der Waals surface area contributed by atoms with Crippen LogP contribution in [-0.2, 0) is 6.42 Å². The van der Waals surface area contributed by atoms with Gasteiger partial charge < -0.3 is 5.32 Å². The molecular weight excluding hydrogens is 222 g/mol. The lowest BCUT2D eigenvalue weighted by Gasteiger charge is -2.12. The van der Waals surface area contributed by atoms with Gasteiger partial charge in [0.25, 0.3) is 0 Å². The van der Waals surface area contributed by atoms with Gasteiger partial charge in [-0.3, -0.25) is 0 Å². The van der Waals surface area contributed by atoms with E-state index < -0.39 is 0 Å². The molecule has 1 aliphatic rings. The number of hydrogen-bond donors (Lipinski definition) is 1. The van der Waals surface area contributed by atoms with Gasteiger partial charge in [0.2, 0.25) is 0 Å². The van der Waals surface area contributed by atoms with E-state index in [-0.39, 0.29) is 0 Å². The smallest absolute Gasteiger partial charge is 0.131 e. The third-order valence-electron chi connectivity index (χ3n) is 3.54. The highest BCUT2D eigenvalue weighted by molar-refractivity contribution is 5.26. The molecule has 1 aromatic rings. The Morgan fingerprint density at radius 2 is 1.78 bits per heavy atom. The number of hydrogen-bond acceptors (Lipinski definition) is 3. The molecule has 0 bridgehead atoms. The summed E-state index contributed by atoms with van der Waals surface area (Å²) in [5.74, 6) is 1.73. The topological polar surface area (TPSA) is 37.8 Å². The minimum absolute atomic E-state index is 0.570. The monoisotopic (exact) mass is 247 g/mol. The Bertz CT molecular complexity index is 385. The van der Waals surface area contributed by atoms with Crippen molar-refractivity contribution < 1.29 is 0 Å². The summed E-state index contributed by atoms with van der Waals surface area (Å²) in [4.78, 5) is 9.36. The molecule has 0 amide bonds. The molecule has 0 aliphatic heterocycles. The maximum atomic E-state index is 4.68. The molecule has 1 heterocycles. The van der Waals surface area contributed by atoms with Gasteiger partial charge in [0.1, 0.15) is 5.82 Å². The molecule has 0 aromatic carbocycles. The lowest BCUT2D eigenvalue weighted by Crippen LogP contribution is -2.24. The highest BCUT2D eigenvalue weighted by Crippen LogP contribution is 2.38. The normalized spacial score (nSPS) is 15.4. The van der Waals surface area contributed by atoms with Crippen molar-refractivity contribution in [3.05, 3.63) is 22.8 Å². The molecule has 0 unspecified atom stereocenters. The first-order valence-corrected chi connectivity index (χ1v) is 7.15. The van der Waals surface area contributed by atoms with Crippen molar-refractivity contribution in [2.75, 3.05) is 6.54 Å². The molecule has 0 atom stereocenters. The average Bonchev–Trinajstić information content (AvgIpc) is 3.10. The molecule has 1 aliphatic carbocycles. The van der Waals surface area contributed by atoms with Crippen LogP contribution in [0.2, 0.25) is 0 Å². The van der Waals surface area contributed by atoms with Crippen molar-refractivity contribution in [2.24, 2.45) is 0 Å². The van der Waals surface area contributed by atoms with E-state index in [1.165, 1.54) is 29.8 Å².